The first kappa shape index (κ1) is 10.4. The van der Waals surface area contributed by atoms with Crippen LogP contribution in [0.3, 0.4) is 0 Å². The second-order valence-electron chi connectivity index (χ2n) is 3.65. The summed E-state index contributed by atoms with van der Waals surface area (Å²) in [7, 11) is 0. The van der Waals surface area contributed by atoms with Gasteiger partial charge in [-0.25, -0.2) is 9.59 Å². The van der Waals surface area contributed by atoms with Gasteiger partial charge < -0.3 is 9.52 Å². The molecule has 4 heteroatoms. The Labute approximate surface area is 91.1 Å². The molecule has 0 bridgehead atoms. The predicted octanol–water partition coefficient (Wildman–Crippen LogP) is 2.11. The van der Waals surface area contributed by atoms with Crippen LogP contribution in [-0.2, 0) is 0 Å². The lowest BCUT2D eigenvalue weighted by molar-refractivity contribution is 0.0656. The number of benzene rings is 1. The van der Waals surface area contributed by atoms with Gasteiger partial charge in [-0.3, -0.25) is 0 Å². The maximum absolute atomic E-state index is 11.6. The molecular formula is C12H10O4. The Morgan fingerprint density at radius 2 is 2.00 bits per heavy atom. The smallest absolute Gasteiger partial charge is 0.372 e. The average Bonchev–Trinajstić information content (AvgIpc) is 2.22. The Morgan fingerprint density at radius 3 is 2.62 bits per heavy atom. The maximum Gasteiger partial charge on any atom is 0.372 e. The Hall–Kier alpha value is -2.10. The van der Waals surface area contributed by atoms with Gasteiger partial charge in [-0.05, 0) is 30.9 Å². The molecule has 0 fully saturated rings. The molecule has 1 aromatic heterocycles. The Bertz CT molecular complexity index is 637. The SMILES string of the molecule is Cc1cccc2c(=O)oc(C(=O)O)c(C)c12. The number of hydrogen-bond acceptors (Lipinski definition) is 3. The highest BCUT2D eigenvalue weighted by atomic mass is 16.4. The van der Waals surface area contributed by atoms with E-state index in [1.54, 1.807) is 19.1 Å². The molecule has 16 heavy (non-hydrogen) atoms. The van der Waals surface area contributed by atoms with Crippen molar-refractivity contribution in [3.63, 3.8) is 0 Å². The minimum atomic E-state index is -1.22. The van der Waals surface area contributed by atoms with Gasteiger partial charge in [0.25, 0.3) is 0 Å². The number of fused-ring (bicyclic) bond motifs is 1. The second kappa shape index (κ2) is 3.48. The van der Waals surface area contributed by atoms with Crippen molar-refractivity contribution in [2.24, 2.45) is 0 Å². The van der Waals surface area contributed by atoms with Crippen LogP contribution in [0.4, 0.5) is 0 Å². The van der Waals surface area contributed by atoms with E-state index in [0.717, 1.165) is 5.56 Å². The number of rotatable bonds is 1. The van der Waals surface area contributed by atoms with Crippen molar-refractivity contribution in [2.75, 3.05) is 0 Å². The maximum atomic E-state index is 11.6. The van der Waals surface area contributed by atoms with Gasteiger partial charge in [-0.2, -0.15) is 0 Å². The minimum Gasteiger partial charge on any atom is -0.475 e. The van der Waals surface area contributed by atoms with E-state index in [1.165, 1.54) is 0 Å². The highest BCUT2D eigenvalue weighted by Crippen LogP contribution is 2.22. The molecular weight excluding hydrogens is 208 g/mol. The summed E-state index contributed by atoms with van der Waals surface area (Å²) >= 11 is 0. The molecule has 0 spiro atoms. The first-order chi connectivity index (χ1) is 7.52. The van der Waals surface area contributed by atoms with E-state index >= 15 is 0 Å². The molecule has 0 atom stereocenters. The van der Waals surface area contributed by atoms with Gasteiger partial charge in [-0.15, -0.1) is 0 Å². The van der Waals surface area contributed by atoms with Gasteiger partial charge in [-0.1, -0.05) is 12.1 Å². The van der Waals surface area contributed by atoms with Gasteiger partial charge in [0.1, 0.15) is 0 Å². The summed E-state index contributed by atoms with van der Waals surface area (Å²) in [5, 5.41) is 9.99. The summed E-state index contributed by atoms with van der Waals surface area (Å²) in [6, 6.07) is 5.21. The lowest BCUT2D eigenvalue weighted by Gasteiger charge is -2.06. The van der Waals surface area contributed by atoms with Crippen LogP contribution in [0, 0.1) is 13.8 Å². The van der Waals surface area contributed by atoms with Crippen LogP contribution >= 0.6 is 0 Å². The van der Waals surface area contributed by atoms with E-state index in [4.69, 9.17) is 9.52 Å². The highest BCUT2D eigenvalue weighted by molar-refractivity contribution is 5.95. The first-order valence-corrected chi connectivity index (χ1v) is 4.78. The van der Waals surface area contributed by atoms with Crippen LogP contribution in [0.1, 0.15) is 21.7 Å². The Morgan fingerprint density at radius 1 is 1.31 bits per heavy atom. The number of hydrogen-bond donors (Lipinski definition) is 1. The normalized spacial score (nSPS) is 10.6. The van der Waals surface area contributed by atoms with Crippen LogP contribution in [0.25, 0.3) is 10.8 Å². The van der Waals surface area contributed by atoms with Gasteiger partial charge in [0.2, 0.25) is 5.76 Å². The van der Waals surface area contributed by atoms with Crippen molar-refractivity contribution >= 4 is 16.7 Å². The number of carbonyl (C=O) groups is 1. The third-order valence-corrected chi connectivity index (χ3v) is 2.60. The van der Waals surface area contributed by atoms with Gasteiger partial charge in [0, 0.05) is 5.56 Å². The Kier molecular flexibility index (Phi) is 2.27. The fourth-order valence-electron chi connectivity index (χ4n) is 1.88. The zero-order valence-corrected chi connectivity index (χ0v) is 8.90. The molecule has 0 unspecified atom stereocenters. The number of aromatic carboxylic acids is 1. The minimum absolute atomic E-state index is 0.285. The van der Waals surface area contributed by atoms with Crippen molar-refractivity contribution in [2.45, 2.75) is 13.8 Å². The molecule has 0 aliphatic rings. The van der Waals surface area contributed by atoms with Crippen molar-refractivity contribution < 1.29 is 14.3 Å². The largest absolute Gasteiger partial charge is 0.475 e. The zero-order valence-electron chi connectivity index (χ0n) is 8.90. The second-order valence-corrected chi connectivity index (χ2v) is 3.65. The zero-order chi connectivity index (χ0) is 11.9. The molecule has 2 aromatic rings. The summed E-state index contributed by atoms with van der Waals surface area (Å²) in [6.45, 7) is 3.47. The van der Waals surface area contributed by atoms with Gasteiger partial charge in [0.05, 0.1) is 5.39 Å². The van der Waals surface area contributed by atoms with Crippen LogP contribution in [-0.4, -0.2) is 11.1 Å². The standard InChI is InChI=1S/C12H10O4/c1-6-4-3-5-8-9(6)7(2)10(11(13)14)16-12(8)15/h3-5H,1-2H3,(H,13,14). The third-order valence-electron chi connectivity index (χ3n) is 2.60. The molecule has 0 aliphatic heterocycles. The molecule has 1 N–H and O–H groups in total. The highest BCUT2D eigenvalue weighted by Gasteiger charge is 2.16. The molecule has 82 valence electrons. The van der Waals surface area contributed by atoms with Crippen LogP contribution in [0.2, 0.25) is 0 Å². The van der Waals surface area contributed by atoms with E-state index in [9.17, 15) is 9.59 Å². The number of carboxylic acid groups (broad SMARTS) is 1. The monoisotopic (exact) mass is 218 g/mol. The molecule has 0 aliphatic carbocycles. The van der Waals surface area contributed by atoms with Crippen molar-refractivity contribution in [1.82, 2.24) is 0 Å². The third kappa shape index (κ3) is 1.39. The summed E-state index contributed by atoms with van der Waals surface area (Å²) in [6.07, 6.45) is 0. The number of aryl methyl sites for hydroxylation is 2. The van der Waals surface area contributed by atoms with E-state index in [1.807, 2.05) is 13.0 Å². The van der Waals surface area contributed by atoms with Crippen LogP contribution in [0.5, 0.6) is 0 Å². The molecule has 0 saturated heterocycles. The quantitative estimate of drug-likeness (QED) is 0.795. The first-order valence-electron chi connectivity index (χ1n) is 4.78. The lowest BCUT2D eigenvalue weighted by atomic mass is 10.0. The summed E-state index contributed by atoms with van der Waals surface area (Å²) in [5.74, 6) is -1.51. The lowest BCUT2D eigenvalue weighted by Crippen LogP contribution is -2.09. The summed E-state index contributed by atoms with van der Waals surface area (Å²) < 4.78 is 4.78. The van der Waals surface area contributed by atoms with E-state index < -0.39 is 11.6 Å². The molecule has 1 aromatic carbocycles. The van der Waals surface area contributed by atoms with E-state index in [-0.39, 0.29) is 5.76 Å². The fourth-order valence-corrected chi connectivity index (χ4v) is 1.88. The molecule has 0 saturated carbocycles. The van der Waals surface area contributed by atoms with Crippen molar-refractivity contribution in [1.29, 1.82) is 0 Å². The average molecular weight is 218 g/mol. The molecule has 4 nitrogen and oxygen atoms in total. The molecule has 0 amide bonds. The number of carboxylic acids is 1. The topological polar surface area (TPSA) is 67.5 Å². The van der Waals surface area contributed by atoms with Crippen molar-refractivity contribution in [3.8, 4) is 0 Å². The fraction of sp³-hybridized carbons (Fsp3) is 0.167. The predicted molar refractivity (Wildman–Crippen MR) is 58.9 cm³/mol. The van der Waals surface area contributed by atoms with E-state index in [0.29, 0.717) is 16.3 Å². The molecule has 1 heterocycles. The van der Waals surface area contributed by atoms with Gasteiger partial charge >= 0.3 is 11.6 Å². The van der Waals surface area contributed by atoms with Crippen LogP contribution < -0.4 is 5.63 Å². The van der Waals surface area contributed by atoms with Gasteiger partial charge in [0.15, 0.2) is 0 Å². The Balaban J connectivity index is 3.04. The van der Waals surface area contributed by atoms with E-state index in [2.05, 4.69) is 0 Å². The van der Waals surface area contributed by atoms with Crippen molar-refractivity contribution in [3.05, 3.63) is 45.5 Å². The molecule has 2 rings (SSSR count). The molecule has 0 radical (unpaired) electrons. The van der Waals surface area contributed by atoms with Crippen LogP contribution in [0.15, 0.2) is 27.4 Å². The summed E-state index contributed by atoms with van der Waals surface area (Å²) in [4.78, 5) is 22.5. The summed E-state index contributed by atoms with van der Waals surface area (Å²) in [5.41, 5.74) is 0.743.